The molecule has 26 heavy (non-hydrogen) atoms. The topological polar surface area (TPSA) is 53.6 Å². The molecule has 136 valence electrons. The second kappa shape index (κ2) is 7.33. The lowest BCUT2D eigenvalue weighted by Crippen LogP contribution is -2.36. The van der Waals surface area contributed by atoms with Crippen molar-refractivity contribution in [1.29, 1.82) is 0 Å². The molecule has 2 aromatic carbocycles. The van der Waals surface area contributed by atoms with Crippen LogP contribution in [-0.2, 0) is 4.74 Å². The minimum absolute atomic E-state index is 0.0548. The van der Waals surface area contributed by atoms with Crippen LogP contribution in [0.5, 0.6) is 0 Å². The number of nitrogens with zero attached hydrogens (tertiary/aromatic N) is 1. The van der Waals surface area contributed by atoms with E-state index < -0.39 is 0 Å². The summed E-state index contributed by atoms with van der Waals surface area (Å²) in [6, 6.07) is 14.2. The van der Waals surface area contributed by atoms with Gasteiger partial charge in [-0.2, -0.15) is 0 Å². The van der Waals surface area contributed by atoms with Gasteiger partial charge in [0.1, 0.15) is 5.82 Å². The van der Waals surface area contributed by atoms with E-state index in [1.54, 1.807) is 6.07 Å². The number of halogens is 1. The minimum atomic E-state index is -0.238. The molecule has 6 heteroatoms. The fourth-order valence-electron chi connectivity index (χ4n) is 3.40. The maximum Gasteiger partial charge on any atom is 0.319 e. The lowest BCUT2D eigenvalue weighted by atomic mass is 10.1. The number of benzene rings is 2. The molecule has 0 spiro atoms. The van der Waals surface area contributed by atoms with Crippen molar-refractivity contribution >= 4 is 17.4 Å². The molecule has 2 unspecified atom stereocenters. The first-order valence-corrected chi connectivity index (χ1v) is 8.95. The van der Waals surface area contributed by atoms with Gasteiger partial charge in [-0.25, -0.2) is 9.18 Å². The van der Waals surface area contributed by atoms with Crippen molar-refractivity contribution < 1.29 is 13.9 Å². The average Bonchev–Trinajstić information content (AvgIpc) is 3.41. The quantitative estimate of drug-likeness (QED) is 0.884. The van der Waals surface area contributed by atoms with Crippen LogP contribution in [0.3, 0.4) is 0 Å². The van der Waals surface area contributed by atoms with Gasteiger partial charge in [0.05, 0.1) is 13.2 Å². The van der Waals surface area contributed by atoms with E-state index in [-0.39, 0.29) is 23.8 Å². The van der Waals surface area contributed by atoms with Crippen LogP contribution in [0.25, 0.3) is 0 Å². The number of rotatable bonds is 4. The van der Waals surface area contributed by atoms with E-state index in [9.17, 15) is 9.18 Å². The van der Waals surface area contributed by atoms with Crippen molar-refractivity contribution in [2.45, 2.75) is 18.4 Å². The minimum Gasteiger partial charge on any atom is -0.378 e. The third-order valence-electron chi connectivity index (χ3n) is 4.86. The number of anilines is 2. The molecule has 1 aliphatic carbocycles. The van der Waals surface area contributed by atoms with Gasteiger partial charge in [-0.15, -0.1) is 0 Å². The van der Waals surface area contributed by atoms with E-state index in [0.717, 1.165) is 49.7 Å². The van der Waals surface area contributed by atoms with E-state index in [1.165, 1.54) is 12.1 Å². The number of hydrogen-bond donors (Lipinski definition) is 2. The average molecular weight is 355 g/mol. The smallest absolute Gasteiger partial charge is 0.319 e. The summed E-state index contributed by atoms with van der Waals surface area (Å²) in [6.07, 6.45) is 0.838. The van der Waals surface area contributed by atoms with Gasteiger partial charge in [0.2, 0.25) is 0 Å². The summed E-state index contributed by atoms with van der Waals surface area (Å²) in [4.78, 5) is 14.5. The molecular weight excluding hydrogens is 333 g/mol. The number of carbonyl (C=O) groups excluding carboxylic acids is 1. The molecule has 0 bridgehead atoms. The van der Waals surface area contributed by atoms with E-state index in [1.807, 2.05) is 30.3 Å². The van der Waals surface area contributed by atoms with Crippen molar-refractivity contribution in [2.75, 3.05) is 36.5 Å². The van der Waals surface area contributed by atoms with Gasteiger partial charge >= 0.3 is 6.03 Å². The number of urea groups is 1. The summed E-state index contributed by atoms with van der Waals surface area (Å²) in [5, 5.41) is 5.86. The molecule has 5 nitrogen and oxygen atoms in total. The fourth-order valence-corrected chi connectivity index (χ4v) is 3.40. The molecule has 1 aliphatic heterocycles. The zero-order chi connectivity index (χ0) is 17.9. The van der Waals surface area contributed by atoms with Crippen molar-refractivity contribution in [3.63, 3.8) is 0 Å². The Morgan fingerprint density at radius 1 is 1.12 bits per heavy atom. The van der Waals surface area contributed by atoms with Crippen LogP contribution < -0.4 is 15.5 Å². The molecule has 2 N–H and O–H groups in total. The summed E-state index contributed by atoms with van der Waals surface area (Å²) in [7, 11) is 0. The summed E-state index contributed by atoms with van der Waals surface area (Å²) < 4.78 is 18.7. The maximum atomic E-state index is 13.3. The van der Waals surface area contributed by atoms with Crippen LogP contribution in [0.4, 0.5) is 20.6 Å². The Kier molecular flexibility index (Phi) is 4.75. The summed E-state index contributed by atoms with van der Waals surface area (Å²) in [5.41, 5.74) is 2.77. The molecule has 2 atom stereocenters. The molecule has 4 rings (SSSR count). The SMILES string of the molecule is O=C(Nc1cccc(N2CCOCC2)c1)NC1CC1c1cccc(F)c1. The highest BCUT2D eigenvalue weighted by Crippen LogP contribution is 2.40. The van der Waals surface area contributed by atoms with Crippen LogP contribution in [0.15, 0.2) is 48.5 Å². The van der Waals surface area contributed by atoms with Crippen LogP contribution >= 0.6 is 0 Å². The van der Waals surface area contributed by atoms with Crippen molar-refractivity contribution in [2.24, 2.45) is 0 Å². The molecule has 1 heterocycles. The van der Waals surface area contributed by atoms with Crippen LogP contribution in [0.2, 0.25) is 0 Å². The molecule has 2 amide bonds. The number of nitrogens with one attached hydrogen (secondary N) is 2. The van der Waals surface area contributed by atoms with Gasteiger partial charge in [0.15, 0.2) is 0 Å². The summed E-state index contributed by atoms with van der Waals surface area (Å²) in [6.45, 7) is 3.16. The van der Waals surface area contributed by atoms with Gasteiger partial charge in [-0.1, -0.05) is 18.2 Å². The zero-order valence-corrected chi connectivity index (χ0v) is 14.5. The predicted octanol–water partition coefficient (Wildman–Crippen LogP) is 3.34. The lowest BCUT2D eigenvalue weighted by Gasteiger charge is -2.29. The lowest BCUT2D eigenvalue weighted by molar-refractivity contribution is 0.122. The highest BCUT2D eigenvalue weighted by atomic mass is 19.1. The third kappa shape index (κ3) is 3.96. The van der Waals surface area contributed by atoms with Gasteiger partial charge in [-0.3, -0.25) is 0 Å². The molecule has 2 aliphatic rings. The highest BCUT2D eigenvalue weighted by Gasteiger charge is 2.39. The second-order valence-corrected chi connectivity index (χ2v) is 6.75. The van der Waals surface area contributed by atoms with Crippen molar-refractivity contribution in [3.05, 3.63) is 59.9 Å². The first-order chi connectivity index (χ1) is 12.7. The van der Waals surface area contributed by atoms with Crippen molar-refractivity contribution in [1.82, 2.24) is 5.32 Å². The van der Waals surface area contributed by atoms with E-state index >= 15 is 0 Å². The van der Waals surface area contributed by atoms with Crippen LogP contribution in [0.1, 0.15) is 17.9 Å². The van der Waals surface area contributed by atoms with Gasteiger partial charge in [0.25, 0.3) is 0 Å². The Hall–Kier alpha value is -2.60. The highest BCUT2D eigenvalue weighted by molar-refractivity contribution is 5.90. The molecule has 1 saturated carbocycles. The normalized spacial score (nSPS) is 22.0. The van der Waals surface area contributed by atoms with E-state index in [4.69, 9.17) is 4.74 Å². The van der Waals surface area contributed by atoms with E-state index in [0.29, 0.717) is 0 Å². The Labute approximate surface area is 152 Å². The zero-order valence-electron chi connectivity index (χ0n) is 14.5. The molecule has 2 fully saturated rings. The van der Waals surface area contributed by atoms with Gasteiger partial charge in [0, 0.05) is 36.4 Å². The number of ether oxygens (including phenoxy) is 1. The summed E-state index contributed by atoms with van der Waals surface area (Å²) >= 11 is 0. The van der Waals surface area contributed by atoms with Crippen LogP contribution in [0, 0.1) is 5.82 Å². The predicted molar refractivity (Wildman–Crippen MR) is 99.2 cm³/mol. The number of hydrogen-bond acceptors (Lipinski definition) is 3. The number of carbonyl (C=O) groups is 1. The molecule has 0 radical (unpaired) electrons. The Morgan fingerprint density at radius 3 is 2.73 bits per heavy atom. The third-order valence-corrected chi connectivity index (χ3v) is 4.86. The van der Waals surface area contributed by atoms with Crippen LogP contribution in [-0.4, -0.2) is 38.4 Å². The van der Waals surface area contributed by atoms with Gasteiger partial charge < -0.3 is 20.3 Å². The van der Waals surface area contributed by atoms with Gasteiger partial charge in [-0.05, 0) is 42.3 Å². The molecule has 1 saturated heterocycles. The first-order valence-electron chi connectivity index (χ1n) is 8.95. The van der Waals surface area contributed by atoms with E-state index in [2.05, 4.69) is 15.5 Å². The largest absolute Gasteiger partial charge is 0.378 e. The first kappa shape index (κ1) is 16.8. The number of morpholine rings is 1. The maximum absolute atomic E-state index is 13.3. The molecule has 2 aromatic rings. The Morgan fingerprint density at radius 2 is 1.92 bits per heavy atom. The molecular formula is C20H22FN3O2. The monoisotopic (exact) mass is 355 g/mol. The van der Waals surface area contributed by atoms with Crippen molar-refractivity contribution in [3.8, 4) is 0 Å². The molecule has 0 aromatic heterocycles. The Bertz CT molecular complexity index is 792. The fraction of sp³-hybridized carbons (Fsp3) is 0.350. The summed E-state index contributed by atoms with van der Waals surface area (Å²) in [5.74, 6) is -0.0475. The number of amides is 2. The Balaban J connectivity index is 1.33. The second-order valence-electron chi connectivity index (χ2n) is 6.75. The standard InChI is InChI=1S/C20H22FN3O2/c21-15-4-1-3-14(11-15)18-13-19(18)23-20(25)22-16-5-2-6-17(12-16)24-7-9-26-10-8-24/h1-6,11-12,18-19H,7-10,13H2,(H2,22,23,25).